The summed E-state index contributed by atoms with van der Waals surface area (Å²) in [5.74, 6) is -0.490. The molecule has 0 saturated carbocycles. The molecule has 5 nitrogen and oxygen atoms in total. The molecule has 0 saturated heterocycles. The zero-order valence-corrected chi connectivity index (χ0v) is 11.7. The summed E-state index contributed by atoms with van der Waals surface area (Å²) in [5.41, 5.74) is 0. The van der Waals surface area contributed by atoms with Crippen LogP contribution in [0.25, 0.3) is 5.13 Å². The highest BCUT2D eigenvalue weighted by Crippen LogP contribution is 2.26. The van der Waals surface area contributed by atoms with Gasteiger partial charge in [0.05, 0.1) is 16.9 Å². The van der Waals surface area contributed by atoms with Gasteiger partial charge in [0.2, 0.25) is 5.13 Å². The lowest BCUT2D eigenvalue weighted by Crippen LogP contribution is -1.98. The molecule has 0 aromatic carbocycles. The van der Waals surface area contributed by atoms with Gasteiger partial charge in [-0.3, -0.25) is 0 Å². The van der Waals surface area contributed by atoms with E-state index in [2.05, 4.69) is 37.4 Å². The van der Waals surface area contributed by atoms with Gasteiger partial charge in [-0.25, -0.2) is 14.5 Å². The van der Waals surface area contributed by atoms with Crippen molar-refractivity contribution in [2.45, 2.75) is 0 Å². The van der Waals surface area contributed by atoms with Gasteiger partial charge in [0.25, 0.3) is 0 Å². The molecule has 0 unspecified atom stereocenters. The number of esters is 1. The molecule has 0 bridgehead atoms. The number of rotatable bonds is 2. The molecule has 0 N–H and O–H groups in total. The first-order valence-electron chi connectivity index (χ1n) is 4.07. The van der Waals surface area contributed by atoms with Crippen LogP contribution in [0.2, 0.25) is 5.15 Å². The smallest absolute Gasteiger partial charge is 0.351 e. The average Bonchev–Trinajstić information content (AvgIpc) is 2.83. The SMILES string of the molecule is COC(=O)c1sc(-n2cc(I)cn2)nc1Cl. The standard InChI is InChI=1S/C8H5ClIN3O2S/c1-15-7(14)5-6(9)12-8(16-5)13-3-4(10)2-11-13/h2-3H,1H3. The third kappa shape index (κ3) is 2.20. The van der Waals surface area contributed by atoms with Gasteiger partial charge in [-0.05, 0) is 22.6 Å². The molecule has 2 rings (SSSR count). The molecule has 0 radical (unpaired) electrons. The van der Waals surface area contributed by atoms with E-state index < -0.39 is 5.97 Å². The number of aromatic nitrogens is 3. The van der Waals surface area contributed by atoms with E-state index in [4.69, 9.17) is 11.6 Å². The number of hydrogen-bond acceptors (Lipinski definition) is 5. The highest BCUT2D eigenvalue weighted by molar-refractivity contribution is 14.1. The minimum atomic E-state index is -0.490. The van der Waals surface area contributed by atoms with Crippen LogP contribution in [0.5, 0.6) is 0 Å². The van der Waals surface area contributed by atoms with Crippen LogP contribution in [0, 0.1) is 3.57 Å². The van der Waals surface area contributed by atoms with Crippen molar-refractivity contribution in [3.05, 3.63) is 26.0 Å². The molecule has 0 spiro atoms. The summed E-state index contributed by atoms with van der Waals surface area (Å²) in [6.45, 7) is 0. The van der Waals surface area contributed by atoms with Gasteiger partial charge in [-0.15, -0.1) is 0 Å². The maximum absolute atomic E-state index is 11.3. The number of thiazole rings is 1. The van der Waals surface area contributed by atoms with Crippen LogP contribution in [0.15, 0.2) is 12.4 Å². The Kier molecular flexibility index (Phi) is 3.45. The summed E-state index contributed by atoms with van der Waals surface area (Å²) < 4.78 is 7.12. The third-order valence-electron chi connectivity index (χ3n) is 1.69. The fourth-order valence-electron chi connectivity index (χ4n) is 1.01. The van der Waals surface area contributed by atoms with E-state index in [0.717, 1.165) is 14.9 Å². The lowest BCUT2D eigenvalue weighted by atomic mass is 10.6. The molecule has 2 aromatic rings. The van der Waals surface area contributed by atoms with Crippen molar-refractivity contribution in [2.75, 3.05) is 7.11 Å². The zero-order chi connectivity index (χ0) is 11.7. The van der Waals surface area contributed by atoms with Gasteiger partial charge < -0.3 is 4.74 Å². The van der Waals surface area contributed by atoms with Crippen molar-refractivity contribution in [1.29, 1.82) is 0 Å². The van der Waals surface area contributed by atoms with Gasteiger partial charge in [0.15, 0.2) is 10.0 Å². The molecule has 0 amide bonds. The van der Waals surface area contributed by atoms with Crippen molar-refractivity contribution in [3.63, 3.8) is 0 Å². The number of ether oxygens (including phenoxy) is 1. The predicted molar refractivity (Wildman–Crippen MR) is 68.3 cm³/mol. The molecule has 0 atom stereocenters. The Hall–Kier alpha value is -0.670. The lowest BCUT2D eigenvalue weighted by molar-refractivity contribution is 0.0606. The number of carbonyl (C=O) groups is 1. The first-order chi connectivity index (χ1) is 7.61. The second kappa shape index (κ2) is 4.68. The van der Waals surface area contributed by atoms with Crippen molar-refractivity contribution in [1.82, 2.24) is 14.8 Å². The number of methoxy groups -OCH3 is 1. The Morgan fingerprint density at radius 2 is 2.44 bits per heavy atom. The molecule has 0 aliphatic rings. The summed E-state index contributed by atoms with van der Waals surface area (Å²) in [7, 11) is 1.30. The lowest BCUT2D eigenvalue weighted by Gasteiger charge is -1.92. The summed E-state index contributed by atoms with van der Waals surface area (Å²) in [6, 6.07) is 0. The number of halogens is 2. The second-order valence-electron chi connectivity index (χ2n) is 2.71. The van der Waals surface area contributed by atoms with Crippen molar-refractivity contribution < 1.29 is 9.53 Å². The van der Waals surface area contributed by atoms with E-state index in [1.807, 2.05) is 0 Å². The predicted octanol–water partition coefficient (Wildman–Crippen LogP) is 2.37. The van der Waals surface area contributed by atoms with Crippen molar-refractivity contribution >= 4 is 51.5 Å². The summed E-state index contributed by atoms with van der Waals surface area (Å²) in [4.78, 5) is 15.6. The Bertz CT molecular complexity index is 539. The highest BCUT2D eigenvalue weighted by atomic mass is 127. The fraction of sp³-hybridized carbons (Fsp3) is 0.125. The summed E-state index contributed by atoms with van der Waals surface area (Å²) in [5, 5.41) is 4.74. The van der Waals surface area contributed by atoms with Gasteiger partial charge in [-0.1, -0.05) is 22.9 Å². The second-order valence-corrected chi connectivity index (χ2v) is 5.29. The molecule has 2 aromatic heterocycles. The molecule has 8 heteroatoms. The van der Waals surface area contributed by atoms with Gasteiger partial charge >= 0.3 is 5.97 Å². The normalized spacial score (nSPS) is 10.4. The first-order valence-corrected chi connectivity index (χ1v) is 6.34. The van der Waals surface area contributed by atoms with Gasteiger partial charge in [0.1, 0.15) is 0 Å². The molecule has 84 valence electrons. The largest absolute Gasteiger partial charge is 0.465 e. The summed E-state index contributed by atoms with van der Waals surface area (Å²) in [6.07, 6.45) is 3.48. The van der Waals surface area contributed by atoms with Crippen LogP contribution in [0.1, 0.15) is 9.67 Å². The van der Waals surface area contributed by atoms with Gasteiger partial charge in [0, 0.05) is 6.20 Å². The topological polar surface area (TPSA) is 57.0 Å². The third-order valence-corrected chi connectivity index (χ3v) is 3.66. The van der Waals surface area contributed by atoms with Crippen LogP contribution >= 0.6 is 45.5 Å². The van der Waals surface area contributed by atoms with E-state index in [1.54, 1.807) is 17.1 Å². The average molecular weight is 370 g/mol. The van der Waals surface area contributed by atoms with Crippen molar-refractivity contribution in [2.24, 2.45) is 0 Å². The fourth-order valence-corrected chi connectivity index (χ4v) is 2.53. The van der Waals surface area contributed by atoms with E-state index in [9.17, 15) is 4.79 Å². The first kappa shape index (κ1) is 11.8. The van der Waals surface area contributed by atoms with Crippen LogP contribution < -0.4 is 0 Å². The van der Waals surface area contributed by atoms with E-state index in [1.165, 1.54) is 7.11 Å². The number of nitrogens with zero attached hydrogens (tertiary/aromatic N) is 3. The van der Waals surface area contributed by atoms with Gasteiger partial charge in [-0.2, -0.15) is 5.10 Å². The molecule has 16 heavy (non-hydrogen) atoms. The number of hydrogen-bond donors (Lipinski definition) is 0. The van der Waals surface area contributed by atoms with Crippen LogP contribution in [-0.4, -0.2) is 27.8 Å². The Morgan fingerprint density at radius 1 is 1.69 bits per heavy atom. The maximum atomic E-state index is 11.3. The Balaban J connectivity index is 2.41. The van der Waals surface area contributed by atoms with Crippen LogP contribution in [0.4, 0.5) is 0 Å². The van der Waals surface area contributed by atoms with Crippen LogP contribution in [-0.2, 0) is 4.74 Å². The van der Waals surface area contributed by atoms with Crippen molar-refractivity contribution in [3.8, 4) is 5.13 Å². The zero-order valence-electron chi connectivity index (χ0n) is 7.98. The van der Waals surface area contributed by atoms with E-state index >= 15 is 0 Å². The van der Waals surface area contributed by atoms with E-state index in [-0.39, 0.29) is 10.0 Å². The molecule has 0 aliphatic carbocycles. The Labute approximate surface area is 114 Å². The minimum Gasteiger partial charge on any atom is -0.465 e. The van der Waals surface area contributed by atoms with Crippen LogP contribution in [0.3, 0.4) is 0 Å². The molecular weight excluding hydrogens is 365 g/mol. The van der Waals surface area contributed by atoms with E-state index in [0.29, 0.717) is 5.13 Å². The minimum absolute atomic E-state index is 0.136. The Morgan fingerprint density at radius 3 is 3.00 bits per heavy atom. The molecule has 0 fully saturated rings. The number of carbonyl (C=O) groups excluding carboxylic acids is 1. The maximum Gasteiger partial charge on any atom is 0.351 e. The highest BCUT2D eigenvalue weighted by Gasteiger charge is 2.18. The molecule has 2 heterocycles. The summed E-state index contributed by atoms with van der Waals surface area (Å²) >= 11 is 9.10. The molecular formula is C8H5ClIN3O2S. The monoisotopic (exact) mass is 369 g/mol. The quantitative estimate of drug-likeness (QED) is 0.602. The molecule has 0 aliphatic heterocycles.